The summed E-state index contributed by atoms with van der Waals surface area (Å²) < 4.78 is 13.9. The lowest BCUT2D eigenvalue weighted by molar-refractivity contribution is -0.142. The van der Waals surface area contributed by atoms with Crippen molar-refractivity contribution in [3.05, 3.63) is 24.5 Å². The van der Waals surface area contributed by atoms with Gasteiger partial charge in [0.25, 0.3) is 0 Å². The fourth-order valence-electron chi connectivity index (χ4n) is 6.15. The molecule has 3 fully saturated rings. The smallest absolute Gasteiger partial charge is 0.306 e. The first-order valence-electron chi connectivity index (χ1n) is 14.6. The first-order chi connectivity index (χ1) is 19.6. The van der Waals surface area contributed by atoms with Gasteiger partial charge >= 0.3 is 5.97 Å². The van der Waals surface area contributed by atoms with Crippen LogP contribution in [0.25, 0.3) is 11.2 Å². The number of ether oxygens (including phenoxy) is 2. The number of carboxylic acids is 1. The molecule has 0 bridgehead atoms. The number of carbonyl (C=O) groups is 1. The Morgan fingerprint density at radius 2 is 1.85 bits per heavy atom. The van der Waals surface area contributed by atoms with E-state index in [2.05, 4.69) is 15.5 Å². The van der Waals surface area contributed by atoms with Crippen LogP contribution in [0.5, 0.6) is 5.75 Å². The molecule has 11 heteroatoms. The number of imidazole rings is 1. The number of aliphatic carboxylic acids is 1. The van der Waals surface area contributed by atoms with Gasteiger partial charge in [-0.2, -0.15) is 9.97 Å². The van der Waals surface area contributed by atoms with E-state index >= 15 is 0 Å². The van der Waals surface area contributed by atoms with Crippen LogP contribution < -0.4 is 20.3 Å². The number of piperidine rings is 1. The van der Waals surface area contributed by atoms with Crippen LogP contribution in [0.2, 0.25) is 0 Å². The molecule has 1 atom stereocenters. The van der Waals surface area contributed by atoms with E-state index in [1.54, 1.807) is 7.11 Å². The van der Waals surface area contributed by atoms with Crippen LogP contribution in [-0.4, -0.2) is 63.4 Å². The number of anilines is 4. The Bertz CT molecular complexity index is 1330. The van der Waals surface area contributed by atoms with Crippen molar-refractivity contribution < 1.29 is 19.4 Å². The van der Waals surface area contributed by atoms with E-state index in [4.69, 9.17) is 24.4 Å². The number of nitrogens with one attached hydrogen (secondary N) is 2. The Labute approximate surface area is 234 Å². The van der Waals surface area contributed by atoms with Crippen molar-refractivity contribution in [3.8, 4) is 5.75 Å². The minimum atomic E-state index is -0.706. The minimum Gasteiger partial charge on any atom is -0.494 e. The Balaban J connectivity index is 1.29. The standard InChI is InChI=1S/C29H39N7O4/c1-39-23-17-21(35-14-12-19(13-15-35)28(37)38)10-11-22(23)32-29-33-26(31-20-7-3-2-4-8-20)25-27(34-29)36(18-30-25)24-9-5-6-16-40-24/h10-11,17-20,24H,2-9,12-16H2,1H3,(H,37,38)(H2,31,32,33,34). The summed E-state index contributed by atoms with van der Waals surface area (Å²) in [5.41, 5.74) is 3.28. The van der Waals surface area contributed by atoms with Gasteiger partial charge in [-0.3, -0.25) is 9.36 Å². The number of hydrogen-bond acceptors (Lipinski definition) is 9. The number of rotatable bonds is 8. The summed E-state index contributed by atoms with van der Waals surface area (Å²) in [5.74, 6) is 0.910. The fraction of sp³-hybridized carbons (Fsp3) is 0.586. The van der Waals surface area contributed by atoms with Crippen molar-refractivity contribution >= 4 is 40.3 Å². The molecule has 11 nitrogen and oxygen atoms in total. The molecule has 214 valence electrons. The van der Waals surface area contributed by atoms with Crippen LogP contribution >= 0.6 is 0 Å². The molecule has 2 saturated heterocycles. The molecular formula is C29H39N7O4. The average molecular weight is 550 g/mol. The van der Waals surface area contributed by atoms with Crippen molar-refractivity contribution in [2.45, 2.75) is 76.5 Å². The number of carboxylic acid groups (broad SMARTS) is 1. The SMILES string of the molecule is COc1cc(N2CCC(C(=O)O)CC2)ccc1Nc1nc(NC2CCCCC2)c2ncn(C3CCCCO3)c2n1. The molecule has 1 aliphatic carbocycles. The van der Waals surface area contributed by atoms with Gasteiger partial charge in [0.15, 0.2) is 17.0 Å². The minimum absolute atomic E-state index is 0.0804. The highest BCUT2D eigenvalue weighted by atomic mass is 16.5. The van der Waals surface area contributed by atoms with E-state index in [-0.39, 0.29) is 12.1 Å². The van der Waals surface area contributed by atoms with Crippen molar-refractivity contribution in [1.29, 1.82) is 0 Å². The molecule has 4 heterocycles. The molecule has 0 spiro atoms. The number of nitrogens with zero attached hydrogens (tertiary/aromatic N) is 5. The molecule has 2 aliphatic heterocycles. The topological polar surface area (TPSA) is 127 Å². The maximum absolute atomic E-state index is 11.4. The number of methoxy groups -OCH3 is 1. The third-order valence-electron chi connectivity index (χ3n) is 8.47. The lowest BCUT2D eigenvalue weighted by Crippen LogP contribution is -2.36. The third-order valence-corrected chi connectivity index (χ3v) is 8.47. The van der Waals surface area contributed by atoms with Crippen molar-refractivity contribution in [2.75, 3.05) is 42.3 Å². The zero-order chi connectivity index (χ0) is 27.5. The Hall–Kier alpha value is -3.60. The molecule has 2 aromatic heterocycles. The van der Waals surface area contributed by atoms with E-state index in [0.717, 1.165) is 67.1 Å². The van der Waals surface area contributed by atoms with Gasteiger partial charge in [0.2, 0.25) is 5.95 Å². The predicted octanol–water partition coefficient (Wildman–Crippen LogP) is 5.32. The van der Waals surface area contributed by atoms with E-state index in [0.29, 0.717) is 43.7 Å². The summed E-state index contributed by atoms with van der Waals surface area (Å²) in [6.45, 7) is 2.15. The van der Waals surface area contributed by atoms with Crippen LogP contribution in [0.15, 0.2) is 24.5 Å². The maximum Gasteiger partial charge on any atom is 0.306 e. The molecule has 3 aromatic rings. The zero-order valence-electron chi connectivity index (χ0n) is 23.1. The predicted molar refractivity (Wildman–Crippen MR) is 154 cm³/mol. The van der Waals surface area contributed by atoms with Gasteiger partial charge in [-0.1, -0.05) is 19.3 Å². The molecular weight excluding hydrogens is 510 g/mol. The molecule has 1 unspecified atom stereocenters. The molecule has 6 rings (SSSR count). The van der Waals surface area contributed by atoms with Crippen molar-refractivity contribution in [3.63, 3.8) is 0 Å². The number of benzene rings is 1. The van der Waals surface area contributed by atoms with Crippen LogP contribution in [0, 0.1) is 5.92 Å². The summed E-state index contributed by atoms with van der Waals surface area (Å²) in [7, 11) is 1.65. The Morgan fingerprint density at radius 1 is 1.05 bits per heavy atom. The second kappa shape index (κ2) is 11.9. The second-order valence-corrected chi connectivity index (χ2v) is 11.1. The van der Waals surface area contributed by atoms with Crippen molar-refractivity contribution in [2.24, 2.45) is 5.92 Å². The molecule has 1 aromatic carbocycles. The number of hydrogen-bond donors (Lipinski definition) is 3. The molecule has 3 N–H and O–H groups in total. The molecule has 0 radical (unpaired) electrons. The van der Waals surface area contributed by atoms with Gasteiger partial charge in [-0.25, -0.2) is 4.98 Å². The highest BCUT2D eigenvalue weighted by Gasteiger charge is 2.26. The zero-order valence-corrected chi connectivity index (χ0v) is 23.1. The van der Waals surface area contributed by atoms with Gasteiger partial charge < -0.3 is 30.1 Å². The van der Waals surface area contributed by atoms with Gasteiger partial charge in [-0.15, -0.1) is 0 Å². The van der Waals surface area contributed by atoms with Crippen LogP contribution in [-0.2, 0) is 9.53 Å². The van der Waals surface area contributed by atoms with Gasteiger partial charge in [0.05, 0.1) is 25.0 Å². The third kappa shape index (κ3) is 5.65. The quantitative estimate of drug-likeness (QED) is 0.340. The lowest BCUT2D eigenvalue weighted by atomic mass is 9.95. The second-order valence-electron chi connectivity index (χ2n) is 11.1. The lowest BCUT2D eigenvalue weighted by Gasteiger charge is -2.32. The van der Waals surface area contributed by atoms with Gasteiger partial charge in [-0.05, 0) is 57.1 Å². The summed E-state index contributed by atoms with van der Waals surface area (Å²) in [6, 6.07) is 6.37. The maximum atomic E-state index is 11.4. The number of fused-ring (bicyclic) bond motifs is 1. The van der Waals surface area contributed by atoms with E-state index < -0.39 is 5.97 Å². The Morgan fingerprint density at radius 3 is 2.58 bits per heavy atom. The largest absolute Gasteiger partial charge is 0.494 e. The van der Waals surface area contributed by atoms with E-state index in [9.17, 15) is 9.90 Å². The fourth-order valence-corrected chi connectivity index (χ4v) is 6.15. The van der Waals surface area contributed by atoms with Crippen LogP contribution in [0.3, 0.4) is 0 Å². The van der Waals surface area contributed by atoms with Crippen molar-refractivity contribution in [1.82, 2.24) is 19.5 Å². The Kier molecular flexibility index (Phi) is 7.90. The highest BCUT2D eigenvalue weighted by molar-refractivity contribution is 5.85. The molecule has 40 heavy (non-hydrogen) atoms. The van der Waals surface area contributed by atoms with E-state index in [1.807, 2.05) is 29.1 Å². The number of aromatic nitrogens is 4. The normalized spacial score (nSPS) is 20.9. The first-order valence-corrected chi connectivity index (χ1v) is 14.6. The molecule has 0 amide bonds. The molecule has 3 aliphatic rings. The van der Waals surface area contributed by atoms with Crippen LogP contribution in [0.4, 0.5) is 23.1 Å². The summed E-state index contributed by atoms with van der Waals surface area (Å²) in [6.07, 6.45) is 12.1. The van der Waals surface area contributed by atoms with Crippen LogP contribution in [0.1, 0.15) is 70.4 Å². The monoisotopic (exact) mass is 549 g/mol. The average Bonchev–Trinajstić information content (AvgIpc) is 3.43. The van der Waals surface area contributed by atoms with E-state index in [1.165, 1.54) is 19.3 Å². The summed E-state index contributed by atoms with van der Waals surface area (Å²) >= 11 is 0. The first kappa shape index (κ1) is 26.6. The summed E-state index contributed by atoms with van der Waals surface area (Å²) in [4.78, 5) is 28.1. The van der Waals surface area contributed by atoms with Gasteiger partial charge in [0.1, 0.15) is 12.0 Å². The molecule has 1 saturated carbocycles. The highest BCUT2D eigenvalue weighted by Crippen LogP contribution is 2.35. The van der Waals surface area contributed by atoms with Gasteiger partial charge in [0, 0.05) is 37.5 Å². The summed E-state index contributed by atoms with van der Waals surface area (Å²) in [5, 5.41) is 16.4.